The predicted molar refractivity (Wildman–Crippen MR) is 100.0 cm³/mol. The van der Waals surface area contributed by atoms with Gasteiger partial charge < -0.3 is 19.9 Å². The molecule has 0 aromatic carbocycles. The summed E-state index contributed by atoms with van der Waals surface area (Å²) in [7, 11) is 1.62. The molecule has 0 unspecified atom stereocenters. The van der Waals surface area contributed by atoms with Gasteiger partial charge in [0, 0.05) is 46.4 Å². The number of nitrogens with zero attached hydrogens (tertiary/aromatic N) is 4. The molecule has 3 amide bonds. The van der Waals surface area contributed by atoms with Gasteiger partial charge >= 0.3 is 6.03 Å². The summed E-state index contributed by atoms with van der Waals surface area (Å²) in [5.41, 5.74) is 1.66. The van der Waals surface area contributed by atoms with Gasteiger partial charge in [0.05, 0.1) is 31.1 Å². The number of piperazine rings is 1. The molecule has 1 aromatic rings. The number of H-pyrrole nitrogens is 1. The minimum atomic E-state index is -0.0834. The van der Waals surface area contributed by atoms with Crippen LogP contribution in [0, 0.1) is 0 Å². The van der Waals surface area contributed by atoms with E-state index in [0.29, 0.717) is 32.8 Å². The molecule has 0 atom stereocenters. The second-order valence-electron chi connectivity index (χ2n) is 7.18. The Labute approximate surface area is 160 Å². The Morgan fingerprint density at radius 1 is 1.11 bits per heavy atom. The fourth-order valence-electron chi connectivity index (χ4n) is 3.55. The van der Waals surface area contributed by atoms with Gasteiger partial charge in [0.1, 0.15) is 0 Å². The van der Waals surface area contributed by atoms with Crippen molar-refractivity contribution in [3.63, 3.8) is 0 Å². The Hall–Kier alpha value is -2.13. The van der Waals surface area contributed by atoms with Crippen LogP contribution in [0.15, 0.2) is 6.07 Å². The Morgan fingerprint density at radius 3 is 2.56 bits per heavy atom. The first-order chi connectivity index (χ1) is 13.2. The summed E-state index contributed by atoms with van der Waals surface area (Å²) < 4.78 is 5.03. The van der Waals surface area contributed by atoms with Crippen molar-refractivity contribution in [2.45, 2.75) is 32.4 Å². The van der Waals surface area contributed by atoms with E-state index in [0.717, 1.165) is 50.4 Å². The van der Waals surface area contributed by atoms with E-state index in [4.69, 9.17) is 4.74 Å². The fourth-order valence-corrected chi connectivity index (χ4v) is 3.55. The highest BCUT2D eigenvalue weighted by molar-refractivity contribution is 5.78. The largest absolute Gasteiger partial charge is 0.378 e. The Morgan fingerprint density at radius 2 is 1.85 bits per heavy atom. The van der Waals surface area contributed by atoms with Crippen LogP contribution >= 0.6 is 0 Å². The van der Waals surface area contributed by atoms with Crippen LogP contribution in [0.1, 0.15) is 30.7 Å². The molecule has 0 radical (unpaired) electrons. The number of likely N-dealkylation sites (tertiary alicyclic amines) is 1. The molecular formula is C18H30N6O3. The summed E-state index contributed by atoms with van der Waals surface area (Å²) >= 11 is 0. The number of methoxy groups -OCH3 is 1. The number of aromatic amines is 1. The van der Waals surface area contributed by atoms with Crippen molar-refractivity contribution in [3.05, 3.63) is 17.5 Å². The van der Waals surface area contributed by atoms with E-state index in [1.54, 1.807) is 12.0 Å². The molecule has 2 aliphatic rings. The van der Waals surface area contributed by atoms with E-state index in [-0.39, 0.29) is 11.9 Å². The maximum atomic E-state index is 12.4. The molecule has 3 rings (SSSR count). The van der Waals surface area contributed by atoms with Crippen LogP contribution < -0.4 is 5.32 Å². The number of aromatic nitrogens is 2. The SMILES string of the molecule is COCc1cc(CNC(=O)N2CCN(CC(=O)N3CCCCC3)CC2)[nH]n1. The second-order valence-corrected chi connectivity index (χ2v) is 7.18. The number of urea groups is 1. The summed E-state index contributed by atoms with van der Waals surface area (Å²) in [6.45, 7) is 5.83. The maximum Gasteiger partial charge on any atom is 0.317 e. The highest BCUT2D eigenvalue weighted by atomic mass is 16.5. The van der Waals surface area contributed by atoms with E-state index in [1.807, 2.05) is 11.0 Å². The highest BCUT2D eigenvalue weighted by Crippen LogP contribution is 2.10. The third kappa shape index (κ3) is 5.67. The van der Waals surface area contributed by atoms with Crippen molar-refractivity contribution < 1.29 is 14.3 Å². The van der Waals surface area contributed by atoms with Crippen LogP contribution in [0.5, 0.6) is 0 Å². The number of ether oxygens (including phenoxy) is 1. The number of nitrogens with one attached hydrogen (secondary N) is 2. The van der Waals surface area contributed by atoms with Crippen molar-refractivity contribution in [2.24, 2.45) is 0 Å². The van der Waals surface area contributed by atoms with Crippen LogP contribution in [0.25, 0.3) is 0 Å². The van der Waals surface area contributed by atoms with Gasteiger partial charge in [-0.3, -0.25) is 14.8 Å². The Bertz CT molecular complexity index is 620. The monoisotopic (exact) mass is 378 g/mol. The van der Waals surface area contributed by atoms with E-state index >= 15 is 0 Å². The first-order valence-electron chi connectivity index (χ1n) is 9.70. The third-order valence-corrected chi connectivity index (χ3v) is 5.13. The summed E-state index contributed by atoms with van der Waals surface area (Å²) in [6, 6.07) is 1.80. The number of rotatable bonds is 6. The molecule has 9 nitrogen and oxygen atoms in total. The molecule has 27 heavy (non-hydrogen) atoms. The van der Waals surface area contributed by atoms with Crippen LogP contribution in [0.4, 0.5) is 4.79 Å². The molecule has 0 saturated carbocycles. The van der Waals surface area contributed by atoms with Gasteiger partial charge in [-0.05, 0) is 25.3 Å². The quantitative estimate of drug-likeness (QED) is 0.747. The lowest BCUT2D eigenvalue weighted by atomic mass is 10.1. The van der Waals surface area contributed by atoms with Gasteiger partial charge in [-0.2, -0.15) is 5.10 Å². The number of hydrogen-bond acceptors (Lipinski definition) is 5. The molecule has 2 N–H and O–H groups in total. The Balaban J connectivity index is 1.36. The van der Waals surface area contributed by atoms with Crippen LogP contribution in [0.3, 0.4) is 0 Å². The zero-order valence-corrected chi connectivity index (χ0v) is 16.1. The van der Waals surface area contributed by atoms with Crippen molar-refractivity contribution in [1.82, 2.24) is 30.2 Å². The molecular weight excluding hydrogens is 348 g/mol. The van der Waals surface area contributed by atoms with Crippen LogP contribution in [-0.2, 0) is 22.7 Å². The topological polar surface area (TPSA) is 93.8 Å². The van der Waals surface area contributed by atoms with Gasteiger partial charge in [-0.15, -0.1) is 0 Å². The average molecular weight is 378 g/mol. The molecule has 3 heterocycles. The molecule has 1 aromatic heterocycles. The zero-order chi connectivity index (χ0) is 19.1. The predicted octanol–water partition coefficient (Wildman–Crippen LogP) is 0.396. The van der Waals surface area contributed by atoms with Crippen LogP contribution in [-0.4, -0.2) is 89.8 Å². The second kappa shape index (κ2) is 9.70. The minimum absolute atomic E-state index is 0.0834. The molecule has 2 fully saturated rings. The molecule has 2 aliphatic heterocycles. The van der Waals surface area contributed by atoms with Gasteiger partial charge in [-0.1, -0.05) is 0 Å². The van der Waals surface area contributed by atoms with Crippen molar-refractivity contribution in [3.8, 4) is 0 Å². The molecule has 9 heteroatoms. The van der Waals surface area contributed by atoms with Crippen molar-refractivity contribution in [2.75, 3.05) is 52.9 Å². The number of carbonyl (C=O) groups is 2. The molecule has 0 bridgehead atoms. The Kier molecular flexibility index (Phi) is 7.05. The summed E-state index contributed by atoms with van der Waals surface area (Å²) in [4.78, 5) is 30.6. The molecule has 150 valence electrons. The standard InChI is InChI=1S/C18H30N6O3/c1-27-14-16-11-15(20-21-16)12-19-18(26)24-9-7-22(8-10-24)13-17(25)23-5-3-2-4-6-23/h11H,2-10,12-14H2,1H3,(H,19,26)(H,20,21). The van der Waals surface area contributed by atoms with Gasteiger partial charge in [-0.25, -0.2) is 4.79 Å². The first kappa shape index (κ1) is 19.6. The lowest BCUT2D eigenvalue weighted by molar-refractivity contribution is -0.133. The lowest BCUT2D eigenvalue weighted by Crippen LogP contribution is -2.53. The number of amides is 3. The fraction of sp³-hybridized carbons (Fsp3) is 0.722. The van der Waals surface area contributed by atoms with Gasteiger partial charge in [0.15, 0.2) is 0 Å². The molecule has 2 saturated heterocycles. The smallest absolute Gasteiger partial charge is 0.317 e. The van der Waals surface area contributed by atoms with Crippen molar-refractivity contribution in [1.29, 1.82) is 0 Å². The number of carbonyl (C=O) groups excluding carboxylic acids is 2. The van der Waals surface area contributed by atoms with Crippen molar-refractivity contribution >= 4 is 11.9 Å². The number of piperidine rings is 1. The zero-order valence-electron chi connectivity index (χ0n) is 16.1. The van der Waals surface area contributed by atoms with E-state index in [9.17, 15) is 9.59 Å². The van der Waals surface area contributed by atoms with E-state index < -0.39 is 0 Å². The minimum Gasteiger partial charge on any atom is -0.378 e. The van der Waals surface area contributed by atoms with E-state index in [1.165, 1.54) is 6.42 Å². The first-order valence-corrected chi connectivity index (χ1v) is 9.70. The summed E-state index contributed by atoms with van der Waals surface area (Å²) in [5, 5.41) is 9.92. The third-order valence-electron chi connectivity index (χ3n) is 5.13. The molecule has 0 aliphatic carbocycles. The normalized spacial score (nSPS) is 18.6. The lowest BCUT2D eigenvalue weighted by Gasteiger charge is -2.36. The molecule has 0 spiro atoms. The number of hydrogen-bond donors (Lipinski definition) is 2. The van der Waals surface area contributed by atoms with Gasteiger partial charge in [0.2, 0.25) is 5.91 Å². The van der Waals surface area contributed by atoms with E-state index in [2.05, 4.69) is 20.4 Å². The van der Waals surface area contributed by atoms with Gasteiger partial charge in [0.25, 0.3) is 0 Å². The average Bonchev–Trinajstić information content (AvgIpc) is 3.15. The van der Waals surface area contributed by atoms with Crippen LogP contribution in [0.2, 0.25) is 0 Å². The summed E-state index contributed by atoms with van der Waals surface area (Å²) in [5.74, 6) is 0.221. The maximum absolute atomic E-state index is 12.4. The summed E-state index contributed by atoms with van der Waals surface area (Å²) in [6.07, 6.45) is 3.45. The highest BCUT2D eigenvalue weighted by Gasteiger charge is 2.24.